The second kappa shape index (κ2) is 14.9. The second-order valence-electron chi connectivity index (χ2n) is 12.4. The van der Waals surface area contributed by atoms with Crippen molar-refractivity contribution in [2.45, 2.75) is 146 Å². The minimum atomic E-state index is -1.64. The molecule has 8 N–H and O–H groups in total. The van der Waals surface area contributed by atoms with Crippen molar-refractivity contribution in [3.8, 4) is 0 Å². The van der Waals surface area contributed by atoms with Crippen molar-refractivity contribution in [2.75, 3.05) is 20.3 Å². The molecule has 3 fully saturated rings. The fourth-order valence-corrected chi connectivity index (χ4v) is 7.15. The first-order valence-electron chi connectivity index (χ1n) is 15.3. The van der Waals surface area contributed by atoms with Crippen molar-refractivity contribution < 1.29 is 69.3 Å². The normalized spacial score (nSPS) is 46.0. The fourth-order valence-electron chi connectivity index (χ4n) is 7.15. The molecule has 3 rings (SSSR count). The lowest BCUT2D eigenvalue weighted by Crippen LogP contribution is -2.67. The average molecular weight is 627 g/mol. The molecule has 0 aromatic rings. The molecule has 0 amide bonds. The number of hydrogen-bond donors (Lipinski definition) is 8. The van der Waals surface area contributed by atoms with E-state index in [1.54, 1.807) is 41.5 Å². The fraction of sp³-hybridized carbons (Fsp3) is 1.00. The van der Waals surface area contributed by atoms with E-state index in [1.165, 1.54) is 7.11 Å². The van der Waals surface area contributed by atoms with Crippen LogP contribution < -0.4 is 0 Å². The van der Waals surface area contributed by atoms with Gasteiger partial charge < -0.3 is 69.3 Å². The lowest BCUT2D eigenvalue weighted by Gasteiger charge is -2.54. The van der Waals surface area contributed by atoms with Crippen LogP contribution in [0.15, 0.2) is 0 Å². The topological polar surface area (TPSA) is 217 Å². The van der Waals surface area contributed by atoms with E-state index in [0.717, 1.165) is 0 Å². The Bertz CT molecular complexity index is 857. The Balaban J connectivity index is 1.88. The molecule has 16 atom stereocenters. The van der Waals surface area contributed by atoms with Gasteiger partial charge in [0.25, 0.3) is 0 Å². The summed E-state index contributed by atoms with van der Waals surface area (Å²) in [7, 11) is 1.35. The molecular formula is C29H54O14. The summed E-state index contributed by atoms with van der Waals surface area (Å²) in [6, 6.07) is 0. The first kappa shape index (κ1) is 36.9. The van der Waals surface area contributed by atoms with Crippen molar-refractivity contribution in [1.29, 1.82) is 0 Å². The van der Waals surface area contributed by atoms with Gasteiger partial charge in [0.05, 0.1) is 61.0 Å². The van der Waals surface area contributed by atoms with Crippen LogP contribution in [0, 0.1) is 17.8 Å². The maximum absolute atomic E-state index is 11.6. The maximum atomic E-state index is 11.6. The molecule has 0 aliphatic carbocycles. The van der Waals surface area contributed by atoms with E-state index >= 15 is 0 Å². The number of methoxy groups -OCH3 is 1. The third-order valence-corrected chi connectivity index (χ3v) is 10.2. The van der Waals surface area contributed by atoms with Crippen LogP contribution in [0.25, 0.3) is 0 Å². The van der Waals surface area contributed by atoms with Gasteiger partial charge in [-0.05, 0) is 33.1 Å². The first-order valence-corrected chi connectivity index (χ1v) is 15.3. The van der Waals surface area contributed by atoms with Gasteiger partial charge in [-0.3, -0.25) is 0 Å². The summed E-state index contributed by atoms with van der Waals surface area (Å²) in [4.78, 5) is 0. The molecule has 254 valence electrons. The number of rotatable bonds is 12. The Morgan fingerprint density at radius 1 is 0.605 bits per heavy atom. The molecule has 3 aliphatic heterocycles. The van der Waals surface area contributed by atoms with Crippen LogP contribution in [-0.2, 0) is 28.4 Å². The van der Waals surface area contributed by atoms with Gasteiger partial charge in [-0.1, -0.05) is 27.7 Å². The molecule has 0 saturated carbocycles. The summed E-state index contributed by atoms with van der Waals surface area (Å²) >= 11 is 0. The van der Waals surface area contributed by atoms with E-state index in [4.69, 9.17) is 28.4 Å². The Hall–Kier alpha value is -0.560. The number of ether oxygens (including phenoxy) is 6. The smallest absolute Gasteiger partial charge is 0.187 e. The minimum Gasteiger partial charge on any atom is -0.394 e. The highest BCUT2D eigenvalue weighted by molar-refractivity contribution is 5.04. The second-order valence-corrected chi connectivity index (χ2v) is 12.4. The Morgan fingerprint density at radius 3 is 1.60 bits per heavy atom. The van der Waals surface area contributed by atoms with Crippen LogP contribution in [0.5, 0.6) is 0 Å². The van der Waals surface area contributed by atoms with Gasteiger partial charge in [0.2, 0.25) is 0 Å². The molecule has 14 heteroatoms. The van der Waals surface area contributed by atoms with Gasteiger partial charge in [-0.2, -0.15) is 0 Å². The zero-order chi connectivity index (χ0) is 32.4. The summed E-state index contributed by atoms with van der Waals surface area (Å²) in [5, 5.41) is 86.1. The molecule has 43 heavy (non-hydrogen) atoms. The maximum Gasteiger partial charge on any atom is 0.187 e. The van der Waals surface area contributed by atoms with Crippen LogP contribution in [0.1, 0.15) is 60.8 Å². The largest absolute Gasteiger partial charge is 0.394 e. The third-order valence-electron chi connectivity index (χ3n) is 10.2. The van der Waals surface area contributed by atoms with Gasteiger partial charge in [0.1, 0.15) is 18.3 Å². The molecule has 3 heterocycles. The quantitative estimate of drug-likeness (QED) is 0.125. The summed E-state index contributed by atoms with van der Waals surface area (Å²) in [5.74, 6) is -2.40. The zero-order valence-electron chi connectivity index (χ0n) is 26.2. The number of hydrogen-bond acceptors (Lipinski definition) is 14. The van der Waals surface area contributed by atoms with E-state index in [-0.39, 0.29) is 12.8 Å². The van der Waals surface area contributed by atoms with Crippen LogP contribution >= 0.6 is 0 Å². The van der Waals surface area contributed by atoms with Crippen molar-refractivity contribution in [1.82, 2.24) is 0 Å². The van der Waals surface area contributed by atoms with E-state index in [9.17, 15) is 40.9 Å². The van der Waals surface area contributed by atoms with Crippen LogP contribution in [0.2, 0.25) is 0 Å². The standard InChI is InChI=1S/C29H54O14/c1-8-28(6,17-14(5)39-25(38-7)23(36)20(17)33)42-26-24(37)21(34)18(16(12-31)41-26)29(9-2,10-3)43-27-22(35)19(32)13(4)15(11-30)40-27/h13-27,30-37H,8-12H2,1-7H3/t13-,14?,15?,16?,17-,18-,19?,20?,21?,22?,23?,24?,25-,26+,27+,28?/m1/s1. The van der Waals surface area contributed by atoms with Crippen molar-refractivity contribution in [2.24, 2.45) is 17.8 Å². The Kier molecular flexibility index (Phi) is 12.8. The van der Waals surface area contributed by atoms with E-state index in [0.29, 0.717) is 6.42 Å². The van der Waals surface area contributed by atoms with Crippen LogP contribution in [0.4, 0.5) is 0 Å². The van der Waals surface area contributed by atoms with Crippen molar-refractivity contribution in [3.05, 3.63) is 0 Å². The van der Waals surface area contributed by atoms with E-state index in [2.05, 4.69) is 0 Å². The summed E-state index contributed by atoms with van der Waals surface area (Å²) in [6.45, 7) is 9.36. The summed E-state index contributed by atoms with van der Waals surface area (Å²) in [5.41, 5.74) is -2.55. The lowest BCUT2D eigenvalue weighted by atomic mass is 9.72. The van der Waals surface area contributed by atoms with Gasteiger partial charge in [-0.15, -0.1) is 0 Å². The molecule has 0 aromatic heterocycles. The molecule has 0 spiro atoms. The first-order chi connectivity index (χ1) is 20.2. The van der Waals surface area contributed by atoms with Crippen molar-refractivity contribution >= 4 is 0 Å². The van der Waals surface area contributed by atoms with Crippen LogP contribution in [0.3, 0.4) is 0 Å². The molecule has 14 nitrogen and oxygen atoms in total. The number of aliphatic hydroxyl groups excluding tert-OH is 8. The van der Waals surface area contributed by atoms with Crippen molar-refractivity contribution in [3.63, 3.8) is 0 Å². The summed E-state index contributed by atoms with van der Waals surface area (Å²) < 4.78 is 35.4. The summed E-state index contributed by atoms with van der Waals surface area (Å²) in [6.07, 6.45) is -14.2. The highest BCUT2D eigenvalue weighted by atomic mass is 16.7. The molecule has 0 bridgehead atoms. The minimum absolute atomic E-state index is 0.236. The van der Waals surface area contributed by atoms with Gasteiger partial charge in [0, 0.05) is 24.9 Å². The van der Waals surface area contributed by atoms with Crippen LogP contribution in [-0.4, -0.2) is 146 Å². The monoisotopic (exact) mass is 626 g/mol. The van der Waals surface area contributed by atoms with Gasteiger partial charge in [0.15, 0.2) is 18.9 Å². The third kappa shape index (κ3) is 6.93. The Morgan fingerprint density at radius 2 is 1.09 bits per heavy atom. The van der Waals surface area contributed by atoms with Gasteiger partial charge in [-0.25, -0.2) is 0 Å². The molecule has 10 unspecified atom stereocenters. The predicted octanol–water partition coefficient (Wildman–Crippen LogP) is -1.39. The molecule has 0 radical (unpaired) electrons. The highest BCUT2D eigenvalue weighted by Gasteiger charge is 2.58. The van der Waals surface area contributed by atoms with Gasteiger partial charge >= 0.3 is 0 Å². The van der Waals surface area contributed by atoms with E-state index < -0.39 is 116 Å². The molecule has 3 aliphatic rings. The van der Waals surface area contributed by atoms with E-state index in [1.807, 2.05) is 0 Å². The average Bonchev–Trinajstić information content (AvgIpc) is 3.00. The number of aliphatic hydroxyl groups is 8. The Labute approximate surface area is 253 Å². The molecule has 0 aromatic carbocycles. The highest BCUT2D eigenvalue weighted by Crippen LogP contribution is 2.45. The predicted molar refractivity (Wildman–Crippen MR) is 149 cm³/mol. The lowest BCUT2D eigenvalue weighted by molar-refractivity contribution is -0.374. The zero-order valence-corrected chi connectivity index (χ0v) is 26.2. The SMILES string of the molecule is CCC(C)(O[C@@H]1OC(CO)[C@@H](C(CC)(CC)O[C@@H]2OC(CO)[C@@H](C)C(O)C2O)C(O)C1O)[C@@H]1C(C)O[C@@H](OC)C(O)C1O. The molecular weight excluding hydrogens is 572 g/mol. The molecule has 3 saturated heterocycles.